The fourth-order valence-electron chi connectivity index (χ4n) is 3.40. The van der Waals surface area contributed by atoms with Crippen LogP contribution in [0.4, 0.5) is 0 Å². The van der Waals surface area contributed by atoms with Crippen LogP contribution in [0.2, 0.25) is 0 Å². The third-order valence-corrected chi connectivity index (χ3v) is 5.19. The van der Waals surface area contributed by atoms with Gasteiger partial charge < -0.3 is 9.80 Å². The Morgan fingerprint density at radius 2 is 1.55 bits per heavy atom. The molecule has 0 saturated carbocycles. The van der Waals surface area contributed by atoms with Crippen LogP contribution in [0.3, 0.4) is 0 Å². The highest BCUT2D eigenvalue weighted by Crippen LogP contribution is 2.08. The average Bonchev–Trinajstić information content (AvgIpc) is 2.75. The first-order valence-corrected chi connectivity index (χ1v) is 10.1. The van der Waals surface area contributed by atoms with Crippen LogP contribution in [0, 0.1) is 0 Å². The molecule has 1 aliphatic heterocycles. The standard InChI is InChI=1S/C24H29N3O2/c1-25(20-22-11-6-3-7-12-22)23(28)19-24(29)27-17-15-26(16-18-27)14-8-13-21-9-4-2-5-10-21/h2-13H,14-20H2,1H3/b13-8+. The Balaban J connectivity index is 1.39. The van der Waals surface area contributed by atoms with E-state index in [2.05, 4.69) is 29.2 Å². The topological polar surface area (TPSA) is 43.9 Å². The highest BCUT2D eigenvalue weighted by Gasteiger charge is 2.23. The molecule has 0 atom stereocenters. The summed E-state index contributed by atoms with van der Waals surface area (Å²) in [6.07, 6.45) is 4.23. The molecule has 0 bridgehead atoms. The van der Waals surface area contributed by atoms with Crippen molar-refractivity contribution in [3.8, 4) is 0 Å². The molecule has 2 aromatic carbocycles. The molecule has 0 radical (unpaired) electrons. The summed E-state index contributed by atoms with van der Waals surface area (Å²) in [7, 11) is 1.75. The SMILES string of the molecule is CN(Cc1ccccc1)C(=O)CC(=O)N1CCN(C/C=C/c2ccccc2)CC1. The molecule has 2 aromatic rings. The fourth-order valence-corrected chi connectivity index (χ4v) is 3.40. The second-order valence-electron chi connectivity index (χ2n) is 7.41. The average molecular weight is 392 g/mol. The molecule has 0 aromatic heterocycles. The van der Waals surface area contributed by atoms with Crippen molar-refractivity contribution in [3.05, 3.63) is 77.9 Å². The maximum atomic E-state index is 12.5. The van der Waals surface area contributed by atoms with Gasteiger partial charge in [0.25, 0.3) is 0 Å². The molecule has 1 saturated heterocycles. The second kappa shape index (κ2) is 10.6. The van der Waals surface area contributed by atoms with Gasteiger partial charge in [0.1, 0.15) is 6.42 Å². The van der Waals surface area contributed by atoms with E-state index in [1.165, 1.54) is 5.56 Å². The minimum atomic E-state index is -0.132. The summed E-state index contributed by atoms with van der Waals surface area (Å²) in [5, 5.41) is 0. The number of carbonyl (C=O) groups is 2. The zero-order valence-corrected chi connectivity index (χ0v) is 17.0. The van der Waals surface area contributed by atoms with Gasteiger partial charge in [0, 0.05) is 46.3 Å². The van der Waals surface area contributed by atoms with Gasteiger partial charge in [-0.2, -0.15) is 0 Å². The number of nitrogens with zero attached hydrogens (tertiary/aromatic N) is 3. The van der Waals surface area contributed by atoms with Crippen molar-refractivity contribution in [2.24, 2.45) is 0 Å². The molecule has 3 rings (SSSR count). The molecular weight excluding hydrogens is 362 g/mol. The van der Waals surface area contributed by atoms with E-state index in [1.807, 2.05) is 53.4 Å². The Bertz CT molecular complexity index is 813. The van der Waals surface area contributed by atoms with Crippen LogP contribution >= 0.6 is 0 Å². The first-order chi connectivity index (χ1) is 14.1. The van der Waals surface area contributed by atoms with Crippen molar-refractivity contribution in [1.29, 1.82) is 0 Å². The molecule has 152 valence electrons. The minimum absolute atomic E-state index is 0.0583. The Morgan fingerprint density at radius 1 is 0.931 bits per heavy atom. The van der Waals surface area contributed by atoms with E-state index in [-0.39, 0.29) is 18.2 Å². The first-order valence-electron chi connectivity index (χ1n) is 10.1. The number of amides is 2. The van der Waals surface area contributed by atoms with Crippen LogP contribution in [-0.2, 0) is 16.1 Å². The summed E-state index contributed by atoms with van der Waals surface area (Å²) in [5.74, 6) is -0.207. The van der Waals surface area contributed by atoms with Gasteiger partial charge in [-0.15, -0.1) is 0 Å². The maximum absolute atomic E-state index is 12.5. The van der Waals surface area contributed by atoms with E-state index in [9.17, 15) is 9.59 Å². The lowest BCUT2D eigenvalue weighted by molar-refractivity contribution is -0.141. The van der Waals surface area contributed by atoms with Crippen molar-refractivity contribution < 1.29 is 9.59 Å². The van der Waals surface area contributed by atoms with Crippen molar-refractivity contribution in [2.45, 2.75) is 13.0 Å². The number of rotatable bonds is 7. The van der Waals surface area contributed by atoms with Gasteiger partial charge in [-0.25, -0.2) is 0 Å². The minimum Gasteiger partial charge on any atom is -0.341 e. The molecule has 1 fully saturated rings. The molecule has 0 N–H and O–H groups in total. The van der Waals surface area contributed by atoms with Crippen LogP contribution in [0.25, 0.3) is 6.08 Å². The number of piperazine rings is 1. The Hall–Kier alpha value is -2.92. The van der Waals surface area contributed by atoms with E-state index < -0.39 is 0 Å². The van der Waals surface area contributed by atoms with Gasteiger partial charge >= 0.3 is 0 Å². The van der Waals surface area contributed by atoms with Gasteiger partial charge in [0.05, 0.1) is 0 Å². The summed E-state index contributed by atoms with van der Waals surface area (Å²) in [6, 6.07) is 20.1. The van der Waals surface area contributed by atoms with Crippen LogP contribution in [0.1, 0.15) is 17.5 Å². The van der Waals surface area contributed by atoms with E-state index in [0.29, 0.717) is 19.6 Å². The van der Waals surface area contributed by atoms with Crippen molar-refractivity contribution in [2.75, 3.05) is 39.8 Å². The van der Waals surface area contributed by atoms with E-state index in [4.69, 9.17) is 0 Å². The molecule has 2 amide bonds. The van der Waals surface area contributed by atoms with E-state index >= 15 is 0 Å². The summed E-state index contributed by atoms with van der Waals surface area (Å²) >= 11 is 0. The Kier molecular flexibility index (Phi) is 7.59. The normalized spacial score (nSPS) is 14.9. The van der Waals surface area contributed by atoms with Crippen molar-refractivity contribution >= 4 is 17.9 Å². The maximum Gasteiger partial charge on any atom is 0.232 e. The zero-order chi connectivity index (χ0) is 20.5. The monoisotopic (exact) mass is 391 g/mol. The Morgan fingerprint density at radius 3 is 2.21 bits per heavy atom. The van der Waals surface area contributed by atoms with E-state index in [0.717, 1.165) is 25.2 Å². The quantitative estimate of drug-likeness (QED) is 0.682. The van der Waals surface area contributed by atoms with Gasteiger partial charge in [-0.3, -0.25) is 14.5 Å². The van der Waals surface area contributed by atoms with E-state index in [1.54, 1.807) is 11.9 Å². The summed E-state index contributed by atoms with van der Waals surface area (Å²) < 4.78 is 0. The molecule has 1 heterocycles. The van der Waals surface area contributed by atoms with Gasteiger partial charge in [-0.05, 0) is 11.1 Å². The van der Waals surface area contributed by atoms with Crippen LogP contribution in [0.5, 0.6) is 0 Å². The predicted octanol–water partition coefficient (Wildman–Crippen LogP) is 2.89. The van der Waals surface area contributed by atoms with Crippen molar-refractivity contribution in [3.63, 3.8) is 0 Å². The molecular formula is C24H29N3O2. The summed E-state index contributed by atoms with van der Waals surface area (Å²) in [6.45, 7) is 4.41. The highest BCUT2D eigenvalue weighted by molar-refractivity contribution is 5.96. The molecule has 5 heteroatoms. The van der Waals surface area contributed by atoms with Crippen LogP contribution in [0.15, 0.2) is 66.7 Å². The number of hydrogen-bond acceptors (Lipinski definition) is 3. The van der Waals surface area contributed by atoms with Gasteiger partial charge in [0.2, 0.25) is 11.8 Å². The lowest BCUT2D eigenvalue weighted by atomic mass is 10.2. The molecule has 29 heavy (non-hydrogen) atoms. The zero-order valence-electron chi connectivity index (χ0n) is 17.0. The summed E-state index contributed by atoms with van der Waals surface area (Å²) in [4.78, 5) is 30.7. The fraction of sp³-hybridized carbons (Fsp3) is 0.333. The summed E-state index contributed by atoms with van der Waals surface area (Å²) in [5.41, 5.74) is 2.26. The third kappa shape index (κ3) is 6.57. The Labute approximate surface area is 173 Å². The number of carbonyl (C=O) groups excluding carboxylic acids is 2. The van der Waals surface area contributed by atoms with Crippen molar-refractivity contribution in [1.82, 2.24) is 14.7 Å². The number of hydrogen-bond donors (Lipinski definition) is 0. The lowest BCUT2D eigenvalue weighted by Crippen LogP contribution is -2.49. The second-order valence-corrected chi connectivity index (χ2v) is 7.41. The lowest BCUT2D eigenvalue weighted by Gasteiger charge is -2.34. The molecule has 0 spiro atoms. The van der Waals surface area contributed by atoms with Crippen LogP contribution in [-0.4, -0.2) is 66.3 Å². The highest BCUT2D eigenvalue weighted by atomic mass is 16.2. The van der Waals surface area contributed by atoms with Crippen LogP contribution < -0.4 is 0 Å². The first kappa shape index (κ1) is 20.8. The largest absolute Gasteiger partial charge is 0.341 e. The molecule has 5 nitrogen and oxygen atoms in total. The van der Waals surface area contributed by atoms with Gasteiger partial charge in [0.15, 0.2) is 0 Å². The molecule has 1 aliphatic rings. The number of benzene rings is 2. The smallest absolute Gasteiger partial charge is 0.232 e. The predicted molar refractivity (Wildman–Crippen MR) is 116 cm³/mol. The molecule has 0 aliphatic carbocycles. The molecule has 0 unspecified atom stereocenters. The third-order valence-electron chi connectivity index (χ3n) is 5.19. The van der Waals surface area contributed by atoms with Gasteiger partial charge in [-0.1, -0.05) is 72.8 Å².